The van der Waals surface area contributed by atoms with Crippen LogP contribution in [0.1, 0.15) is 10.4 Å². The number of methoxy groups -OCH3 is 1. The molecule has 1 amide bonds. The molecule has 2 heterocycles. The predicted molar refractivity (Wildman–Crippen MR) is 122 cm³/mol. The molecule has 32 heavy (non-hydrogen) atoms. The van der Waals surface area contributed by atoms with E-state index in [4.69, 9.17) is 16.3 Å². The molecule has 9 nitrogen and oxygen atoms in total. The zero-order valence-corrected chi connectivity index (χ0v) is 18.9. The lowest BCUT2D eigenvalue weighted by Crippen LogP contribution is -2.14. The lowest BCUT2D eigenvalue weighted by Gasteiger charge is -2.06. The van der Waals surface area contributed by atoms with Gasteiger partial charge in [0.25, 0.3) is 0 Å². The second-order valence-corrected chi connectivity index (χ2v) is 8.53. The number of halogens is 1. The highest BCUT2D eigenvalue weighted by molar-refractivity contribution is 7.99. The Balaban J connectivity index is 1.39. The summed E-state index contributed by atoms with van der Waals surface area (Å²) in [7, 11) is 1.31. The van der Waals surface area contributed by atoms with Gasteiger partial charge in [0.1, 0.15) is 0 Å². The minimum absolute atomic E-state index is 0.0763. The summed E-state index contributed by atoms with van der Waals surface area (Å²) in [4.78, 5) is 28.6. The normalized spacial score (nSPS) is 10.7. The molecule has 0 bridgehead atoms. The van der Waals surface area contributed by atoms with E-state index in [0.29, 0.717) is 26.6 Å². The zero-order chi connectivity index (χ0) is 22.5. The van der Waals surface area contributed by atoms with E-state index >= 15 is 0 Å². The number of hydrogen-bond acceptors (Lipinski definition) is 9. The number of tetrazole rings is 1. The fourth-order valence-corrected chi connectivity index (χ4v) is 4.24. The second-order valence-electron chi connectivity index (χ2n) is 6.30. The van der Waals surface area contributed by atoms with Crippen LogP contribution in [0.15, 0.2) is 59.1 Å². The number of anilines is 1. The van der Waals surface area contributed by atoms with Gasteiger partial charge in [-0.1, -0.05) is 41.6 Å². The molecule has 2 aromatic heterocycles. The summed E-state index contributed by atoms with van der Waals surface area (Å²) in [6, 6.07) is 14.0. The molecule has 0 fully saturated rings. The molecule has 4 rings (SSSR count). The number of hydrogen-bond donors (Lipinski definition) is 1. The maximum absolute atomic E-state index is 12.4. The molecule has 0 aliphatic rings. The second kappa shape index (κ2) is 9.90. The number of benzene rings is 2. The summed E-state index contributed by atoms with van der Waals surface area (Å²) in [5.41, 5.74) is 2.61. The van der Waals surface area contributed by atoms with Crippen molar-refractivity contribution in [1.82, 2.24) is 25.2 Å². The number of thioether (sulfide) groups is 1. The van der Waals surface area contributed by atoms with Crippen LogP contribution in [0.4, 0.5) is 5.13 Å². The third-order valence-corrected chi connectivity index (χ3v) is 6.10. The van der Waals surface area contributed by atoms with E-state index in [0.717, 1.165) is 23.0 Å². The SMILES string of the molecule is COC(=O)c1cccc(-n2nnnc2SCC(=O)Nc2nc(-c3ccc(Cl)cc3)cs2)c1. The van der Waals surface area contributed by atoms with Gasteiger partial charge in [-0.05, 0) is 40.8 Å². The van der Waals surface area contributed by atoms with Gasteiger partial charge in [0.2, 0.25) is 11.1 Å². The molecule has 0 saturated heterocycles. The number of esters is 1. The summed E-state index contributed by atoms with van der Waals surface area (Å²) >= 11 is 8.41. The van der Waals surface area contributed by atoms with E-state index in [1.54, 1.807) is 36.4 Å². The van der Waals surface area contributed by atoms with Crippen LogP contribution >= 0.6 is 34.7 Å². The summed E-state index contributed by atoms with van der Waals surface area (Å²) in [6.07, 6.45) is 0. The van der Waals surface area contributed by atoms with Gasteiger partial charge in [0, 0.05) is 16.0 Å². The Bertz CT molecular complexity index is 1260. The molecule has 0 aliphatic heterocycles. The predicted octanol–water partition coefficient (Wildman–Crippen LogP) is 3.96. The largest absolute Gasteiger partial charge is 0.465 e. The number of ether oxygens (including phenoxy) is 1. The van der Waals surface area contributed by atoms with Gasteiger partial charge in [0.15, 0.2) is 5.13 Å². The summed E-state index contributed by atoms with van der Waals surface area (Å²) < 4.78 is 6.19. The van der Waals surface area contributed by atoms with Crippen molar-refractivity contribution in [2.45, 2.75) is 5.16 Å². The van der Waals surface area contributed by atoms with Crippen molar-refractivity contribution in [3.8, 4) is 16.9 Å². The lowest BCUT2D eigenvalue weighted by molar-refractivity contribution is -0.113. The van der Waals surface area contributed by atoms with Gasteiger partial charge >= 0.3 is 5.97 Å². The number of amides is 1. The Labute approximate surface area is 195 Å². The monoisotopic (exact) mass is 486 g/mol. The third kappa shape index (κ3) is 5.13. The van der Waals surface area contributed by atoms with Gasteiger partial charge in [-0.2, -0.15) is 4.68 Å². The van der Waals surface area contributed by atoms with Crippen LogP contribution in [0.3, 0.4) is 0 Å². The zero-order valence-electron chi connectivity index (χ0n) is 16.6. The molecule has 1 N–H and O–H groups in total. The van der Waals surface area contributed by atoms with Crippen LogP contribution in [-0.4, -0.2) is 49.9 Å². The molecule has 0 aliphatic carbocycles. The number of carbonyl (C=O) groups is 2. The van der Waals surface area contributed by atoms with E-state index in [2.05, 4.69) is 25.8 Å². The number of carbonyl (C=O) groups excluding carboxylic acids is 2. The summed E-state index contributed by atoms with van der Waals surface area (Å²) in [5, 5.41) is 17.8. The maximum atomic E-state index is 12.4. The average Bonchev–Trinajstić information content (AvgIpc) is 3.47. The molecule has 4 aromatic rings. The fourth-order valence-electron chi connectivity index (χ4n) is 2.68. The van der Waals surface area contributed by atoms with Gasteiger partial charge in [-0.25, -0.2) is 9.78 Å². The first-order valence-corrected chi connectivity index (χ1v) is 11.4. The van der Waals surface area contributed by atoms with Gasteiger partial charge in [-0.3, -0.25) is 4.79 Å². The summed E-state index contributed by atoms with van der Waals surface area (Å²) in [6.45, 7) is 0. The standard InChI is InChI=1S/C20H15ClN6O3S2/c1-30-18(29)13-3-2-4-15(9-13)27-20(24-25-26-27)32-11-17(28)23-19-22-16(10-31-19)12-5-7-14(21)8-6-12/h2-10H,11H2,1H3,(H,22,23,28). The van der Waals surface area contributed by atoms with E-state index in [1.807, 2.05) is 17.5 Å². The highest BCUT2D eigenvalue weighted by atomic mass is 35.5. The van der Waals surface area contributed by atoms with Crippen molar-refractivity contribution in [1.29, 1.82) is 0 Å². The molecule has 12 heteroatoms. The smallest absolute Gasteiger partial charge is 0.337 e. The van der Waals surface area contributed by atoms with Crippen molar-refractivity contribution in [3.63, 3.8) is 0 Å². The molecule has 0 spiro atoms. The number of nitrogens with one attached hydrogen (secondary N) is 1. The number of rotatable bonds is 7. The van der Waals surface area contributed by atoms with Crippen molar-refractivity contribution in [2.75, 3.05) is 18.2 Å². The summed E-state index contributed by atoms with van der Waals surface area (Å²) in [5.74, 6) is -0.632. The number of nitrogens with zero attached hydrogens (tertiary/aromatic N) is 5. The van der Waals surface area contributed by atoms with Gasteiger partial charge in [-0.15, -0.1) is 16.4 Å². The third-order valence-electron chi connectivity index (χ3n) is 4.18. The first kappa shape index (κ1) is 21.9. The van der Waals surface area contributed by atoms with Crippen LogP contribution < -0.4 is 5.32 Å². The molecule has 162 valence electrons. The molecule has 0 saturated carbocycles. The lowest BCUT2D eigenvalue weighted by atomic mass is 10.2. The fraction of sp³-hybridized carbons (Fsp3) is 0.100. The Kier molecular flexibility index (Phi) is 6.78. The average molecular weight is 487 g/mol. The molecule has 0 atom stereocenters. The molecule has 2 aromatic carbocycles. The minimum Gasteiger partial charge on any atom is -0.465 e. The van der Waals surface area contributed by atoms with Crippen molar-refractivity contribution in [2.24, 2.45) is 0 Å². The van der Waals surface area contributed by atoms with E-state index in [9.17, 15) is 9.59 Å². The number of thiazole rings is 1. The Morgan fingerprint density at radius 1 is 1.22 bits per heavy atom. The number of aromatic nitrogens is 5. The van der Waals surface area contributed by atoms with Crippen molar-refractivity contribution in [3.05, 3.63) is 64.5 Å². The minimum atomic E-state index is -0.463. The topological polar surface area (TPSA) is 112 Å². The van der Waals surface area contributed by atoms with Crippen LogP contribution in [0.25, 0.3) is 16.9 Å². The van der Waals surface area contributed by atoms with E-state index in [-0.39, 0.29) is 11.7 Å². The molecular formula is C20H15ClN6O3S2. The van der Waals surface area contributed by atoms with Crippen LogP contribution in [0, 0.1) is 0 Å². The highest BCUT2D eigenvalue weighted by Crippen LogP contribution is 2.26. The molecule has 0 radical (unpaired) electrons. The maximum Gasteiger partial charge on any atom is 0.337 e. The van der Waals surface area contributed by atoms with Gasteiger partial charge in [0.05, 0.1) is 29.8 Å². The van der Waals surface area contributed by atoms with E-state index < -0.39 is 5.97 Å². The van der Waals surface area contributed by atoms with Gasteiger partial charge < -0.3 is 10.1 Å². The quantitative estimate of drug-likeness (QED) is 0.308. The molecular weight excluding hydrogens is 472 g/mol. The van der Waals surface area contributed by atoms with Crippen LogP contribution in [-0.2, 0) is 9.53 Å². The van der Waals surface area contributed by atoms with Crippen molar-refractivity contribution >= 4 is 51.7 Å². The van der Waals surface area contributed by atoms with Crippen LogP contribution in [0.2, 0.25) is 5.02 Å². The highest BCUT2D eigenvalue weighted by Gasteiger charge is 2.15. The van der Waals surface area contributed by atoms with E-state index in [1.165, 1.54) is 23.1 Å². The Morgan fingerprint density at radius 2 is 2.03 bits per heavy atom. The Hall–Kier alpha value is -3.28. The first-order chi connectivity index (χ1) is 15.5. The first-order valence-electron chi connectivity index (χ1n) is 9.15. The van der Waals surface area contributed by atoms with Crippen LogP contribution in [0.5, 0.6) is 0 Å². The molecule has 0 unspecified atom stereocenters. The van der Waals surface area contributed by atoms with Crippen molar-refractivity contribution < 1.29 is 14.3 Å². The Morgan fingerprint density at radius 3 is 2.81 bits per heavy atom.